The molecule has 150 valence electrons. The summed E-state index contributed by atoms with van der Waals surface area (Å²) >= 11 is 0. The van der Waals surface area contributed by atoms with Gasteiger partial charge in [-0.3, -0.25) is 14.6 Å². The van der Waals surface area contributed by atoms with E-state index in [4.69, 9.17) is 14.2 Å². The number of hydrogen-bond acceptors (Lipinski definition) is 6. The number of benzene rings is 1. The number of aliphatic imine (C=N–C) groups is 1. The lowest BCUT2D eigenvalue weighted by Gasteiger charge is -2.35. The van der Waals surface area contributed by atoms with Gasteiger partial charge in [0, 0.05) is 34.9 Å². The lowest BCUT2D eigenvalue weighted by Crippen LogP contribution is -2.37. The first kappa shape index (κ1) is 20.1. The maximum atomic E-state index is 13.0. The van der Waals surface area contributed by atoms with Crippen LogP contribution in [0.5, 0.6) is 11.5 Å². The number of ether oxygens (including phenoxy) is 3. The van der Waals surface area contributed by atoms with Crippen molar-refractivity contribution in [2.45, 2.75) is 45.4 Å². The summed E-state index contributed by atoms with van der Waals surface area (Å²) in [5.74, 6) is -0.215. The summed E-state index contributed by atoms with van der Waals surface area (Å²) in [4.78, 5) is 30.5. The zero-order valence-corrected chi connectivity index (χ0v) is 16.9. The molecule has 0 saturated heterocycles. The van der Waals surface area contributed by atoms with Crippen LogP contribution in [0.4, 0.5) is 0 Å². The van der Waals surface area contributed by atoms with Crippen molar-refractivity contribution in [3.63, 3.8) is 0 Å². The van der Waals surface area contributed by atoms with Gasteiger partial charge in [0.15, 0.2) is 5.78 Å². The molecule has 0 spiro atoms. The van der Waals surface area contributed by atoms with Gasteiger partial charge in [0.2, 0.25) is 0 Å². The van der Waals surface area contributed by atoms with Crippen molar-refractivity contribution in [1.82, 2.24) is 0 Å². The molecule has 0 aromatic heterocycles. The van der Waals surface area contributed by atoms with Crippen molar-refractivity contribution in [3.05, 3.63) is 35.0 Å². The number of carbonyl (C=O) groups excluding carboxylic acids is 2. The second kappa shape index (κ2) is 8.59. The molecule has 1 aliphatic heterocycles. The Bertz CT molecular complexity index is 839. The second-order valence-corrected chi connectivity index (χ2v) is 7.12. The first-order valence-corrected chi connectivity index (χ1v) is 9.71. The van der Waals surface area contributed by atoms with Crippen LogP contribution in [0.25, 0.3) is 0 Å². The Morgan fingerprint density at radius 1 is 1.21 bits per heavy atom. The maximum absolute atomic E-state index is 13.0. The molecule has 0 amide bonds. The average molecular weight is 385 g/mol. The van der Waals surface area contributed by atoms with Crippen molar-refractivity contribution < 1.29 is 23.8 Å². The summed E-state index contributed by atoms with van der Waals surface area (Å²) in [5.41, 5.74) is 2.81. The van der Waals surface area contributed by atoms with Gasteiger partial charge in [-0.1, -0.05) is 6.92 Å². The van der Waals surface area contributed by atoms with Gasteiger partial charge in [-0.25, -0.2) is 0 Å². The number of hydrogen-bond donors (Lipinski definition) is 0. The number of allylic oxidation sites excluding steroid dienone is 2. The van der Waals surface area contributed by atoms with Gasteiger partial charge in [0.1, 0.15) is 17.4 Å². The fourth-order valence-corrected chi connectivity index (χ4v) is 4.02. The quantitative estimate of drug-likeness (QED) is 0.696. The van der Waals surface area contributed by atoms with Crippen LogP contribution in [-0.2, 0) is 14.3 Å². The van der Waals surface area contributed by atoms with Gasteiger partial charge < -0.3 is 14.2 Å². The molecule has 1 unspecified atom stereocenters. The predicted octanol–water partition coefficient (Wildman–Crippen LogP) is 3.84. The Balaban J connectivity index is 2.19. The normalized spacial score (nSPS) is 21.7. The predicted molar refractivity (Wildman–Crippen MR) is 106 cm³/mol. The van der Waals surface area contributed by atoms with Crippen LogP contribution in [-0.4, -0.2) is 38.3 Å². The molecule has 2 aliphatic rings. The fraction of sp³-hybridized carbons (Fsp3) is 0.500. The highest BCUT2D eigenvalue weighted by atomic mass is 16.5. The first-order chi connectivity index (χ1) is 13.5. The second-order valence-electron chi connectivity index (χ2n) is 7.12. The number of rotatable bonds is 6. The van der Waals surface area contributed by atoms with E-state index >= 15 is 0 Å². The minimum atomic E-state index is -0.659. The lowest BCUT2D eigenvalue weighted by molar-refractivity contribution is -0.146. The van der Waals surface area contributed by atoms with Crippen molar-refractivity contribution in [3.8, 4) is 11.5 Å². The van der Waals surface area contributed by atoms with Crippen molar-refractivity contribution in [2.75, 3.05) is 20.8 Å². The molecule has 2 atom stereocenters. The van der Waals surface area contributed by atoms with E-state index in [1.807, 2.05) is 19.9 Å². The van der Waals surface area contributed by atoms with Crippen LogP contribution in [0.3, 0.4) is 0 Å². The molecular weight excluding hydrogens is 358 g/mol. The standard InChI is InChI=1S/C22H27NO5/c1-5-11-28-22(25)19-13(2)23-16-7-6-8-17(24)21(16)20(19)15-12-14(26-3)9-10-18(15)27-4/h9-10,12,19-20H,5-8,11H2,1-4H3/t19?,20-/m0/s1. The van der Waals surface area contributed by atoms with Gasteiger partial charge >= 0.3 is 5.97 Å². The summed E-state index contributed by atoms with van der Waals surface area (Å²) in [6, 6.07) is 5.44. The third-order valence-corrected chi connectivity index (χ3v) is 5.31. The summed E-state index contributed by atoms with van der Waals surface area (Å²) in [6.07, 6.45) is 2.71. The van der Waals surface area contributed by atoms with E-state index in [1.165, 1.54) is 0 Å². The summed E-state index contributed by atoms with van der Waals surface area (Å²) in [6.45, 7) is 4.12. The molecule has 0 N–H and O–H groups in total. The minimum Gasteiger partial charge on any atom is -0.497 e. The Hall–Kier alpha value is -2.63. The lowest BCUT2D eigenvalue weighted by atomic mass is 9.71. The number of methoxy groups -OCH3 is 2. The Labute approximate surface area is 165 Å². The number of ketones is 1. The Morgan fingerprint density at radius 2 is 2.00 bits per heavy atom. The number of carbonyl (C=O) groups is 2. The monoisotopic (exact) mass is 385 g/mol. The molecule has 6 heteroatoms. The third-order valence-electron chi connectivity index (χ3n) is 5.31. The van der Waals surface area contributed by atoms with Crippen molar-refractivity contribution in [1.29, 1.82) is 0 Å². The van der Waals surface area contributed by atoms with Gasteiger partial charge in [0.25, 0.3) is 0 Å². The van der Waals surface area contributed by atoms with Crippen molar-refractivity contribution in [2.24, 2.45) is 10.9 Å². The SMILES string of the molecule is CCCOC(=O)C1C(C)=NC2=C(C(=O)CCC2)[C@H]1c1cc(OC)ccc1OC. The van der Waals surface area contributed by atoms with Crippen LogP contribution in [0.15, 0.2) is 34.5 Å². The van der Waals surface area contributed by atoms with Crippen LogP contribution in [0, 0.1) is 5.92 Å². The minimum absolute atomic E-state index is 0.0423. The maximum Gasteiger partial charge on any atom is 0.315 e. The van der Waals surface area contributed by atoms with E-state index in [0.717, 1.165) is 30.5 Å². The molecule has 0 saturated carbocycles. The summed E-state index contributed by atoms with van der Waals surface area (Å²) < 4.78 is 16.4. The molecule has 0 fully saturated rings. The molecule has 1 aromatic rings. The molecule has 0 radical (unpaired) electrons. The third kappa shape index (κ3) is 3.68. The van der Waals surface area contributed by atoms with Crippen molar-refractivity contribution >= 4 is 17.5 Å². The zero-order chi connectivity index (χ0) is 20.3. The van der Waals surface area contributed by atoms with E-state index < -0.39 is 11.8 Å². The van der Waals surface area contributed by atoms with Crippen LogP contribution >= 0.6 is 0 Å². The highest BCUT2D eigenvalue weighted by molar-refractivity contribution is 6.09. The van der Waals surface area contributed by atoms with E-state index in [0.29, 0.717) is 35.8 Å². The summed E-state index contributed by atoms with van der Waals surface area (Å²) in [5, 5.41) is 0. The van der Waals surface area contributed by atoms with Gasteiger partial charge in [-0.05, 0) is 44.4 Å². The molecule has 1 aromatic carbocycles. The van der Waals surface area contributed by atoms with Gasteiger partial charge in [-0.2, -0.15) is 0 Å². The smallest absolute Gasteiger partial charge is 0.315 e. The molecule has 28 heavy (non-hydrogen) atoms. The molecular formula is C22H27NO5. The molecule has 0 bridgehead atoms. The Morgan fingerprint density at radius 3 is 2.68 bits per heavy atom. The zero-order valence-electron chi connectivity index (χ0n) is 16.9. The van der Waals surface area contributed by atoms with Crippen LogP contribution in [0.1, 0.15) is 51.0 Å². The fourth-order valence-electron chi connectivity index (χ4n) is 4.02. The van der Waals surface area contributed by atoms with E-state index in [-0.39, 0.29) is 11.8 Å². The highest BCUT2D eigenvalue weighted by Gasteiger charge is 2.44. The molecule has 1 aliphatic carbocycles. The average Bonchev–Trinajstić information content (AvgIpc) is 2.70. The largest absolute Gasteiger partial charge is 0.497 e. The van der Waals surface area contributed by atoms with E-state index in [1.54, 1.807) is 26.4 Å². The molecule has 1 heterocycles. The summed E-state index contributed by atoms with van der Waals surface area (Å²) in [7, 11) is 3.17. The van der Waals surface area contributed by atoms with Crippen LogP contribution < -0.4 is 9.47 Å². The van der Waals surface area contributed by atoms with Gasteiger partial charge in [0.05, 0.1) is 20.8 Å². The topological polar surface area (TPSA) is 74.2 Å². The van der Waals surface area contributed by atoms with E-state index in [9.17, 15) is 9.59 Å². The molecule has 3 rings (SSSR count). The van der Waals surface area contributed by atoms with Crippen LogP contribution in [0.2, 0.25) is 0 Å². The Kier molecular flexibility index (Phi) is 6.17. The number of nitrogens with zero attached hydrogens (tertiary/aromatic N) is 1. The molecule has 6 nitrogen and oxygen atoms in total. The number of esters is 1. The highest BCUT2D eigenvalue weighted by Crippen LogP contribution is 2.46. The number of Topliss-reactive ketones (excluding diaryl/α,β-unsaturated/α-hetero) is 1. The van der Waals surface area contributed by atoms with Gasteiger partial charge in [-0.15, -0.1) is 0 Å². The van der Waals surface area contributed by atoms with E-state index in [2.05, 4.69) is 4.99 Å². The first-order valence-electron chi connectivity index (χ1n) is 9.71.